The molecule has 0 radical (unpaired) electrons. The lowest BCUT2D eigenvalue weighted by molar-refractivity contribution is 0.145. The standard InChI is InChI=1S/C24H31FN6O2/c1-16(17-4-8-29(2)9-5-17)30-15-19(14-27-30)31-22-7-11-33-10-6-20(22)23(28-31)18-12-21(25)24(32-3)26-13-18/h12-17H,4-11H2,1-3H3. The zero-order valence-corrected chi connectivity index (χ0v) is 19.5. The zero-order chi connectivity index (χ0) is 22.9. The van der Waals surface area contributed by atoms with E-state index in [-0.39, 0.29) is 5.88 Å². The van der Waals surface area contributed by atoms with E-state index < -0.39 is 5.82 Å². The van der Waals surface area contributed by atoms with Crippen LogP contribution in [0, 0.1) is 11.7 Å². The Kier molecular flexibility index (Phi) is 6.16. The first kappa shape index (κ1) is 22.0. The second kappa shape index (κ2) is 9.23. The Balaban J connectivity index is 1.49. The number of halogens is 1. The normalized spacial score (nSPS) is 18.7. The number of hydrogen-bond donors (Lipinski definition) is 0. The molecule has 8 nitrogen and oxygen atoms in total. The molecule has 9 heteroatoms. The molecule has 0 spiro atoms. The molecule has 5 heterocycles. The molecule has 1 saturated heterocycles. The van der Waals surface area contributed by atoms with Gasteiger partial charge < -0.3 is 14.4 Å². The van der Waals surface area contributed by atoms with Crippen molar-refractivity contribution in [3.63, 3.8) is 0 Å². The van der Waals surface area contributed by atoms with Gasteiger partial charge in [-0.25, -0.2) is 14.1 Å². The summed E-state index contributed by atoms with van der Waals surface area (Å²) in [5, 5.41) is 9.62. The molecule has 2 aliphatic rings. The van der Waals surface area contributed by atoms with Gasteiger partial charge in [-0.1, -0.05) is 0 Å². The lowest BCUT2D eigenvalue weighted by Gasteiger charge is -2.32. The highest BCUT2D eigenvalue weighted by Gasteiger charge is 2.26. The first-order valence-corrected chi connectivity index (χ1v) is 11.7. The maximum Gasteiger partial charge on any atom is 0.250 e. The Hall–Kier alpha value is -2.78. The molecular formula is C24H31FN6O2. The fourth-order valence-corrected chi connectivity index (χ4v) is 4.99. The molecule has 3 aromatic heterocycles. The molecule has 1 fully saturated rings. The minimum absolute atomic E-state index is 0.0169. The smallest absolute Gasteiger partial charge is 0.250 e. The third-order valence-corrected chi connectivity index (χ3v) is 7.04. The third kappa shape index (κ3) is 4.27. The van der Waals surface area contributed by atoms with Crippen molar-refractivity contribution in [2.45, 2.75) is 38.6 Å². The molecule has 0 aliphatic carbocycles. The molecule has 2 aliphatic heterocycles. The molecule has 5 rings (SSSR count). The molecule has 0 N–H and O–H groups in total. The molecule has 1 atom stereocenters. The van der Waals surface area contributed by atoms with E-state index in [1.54, 1.807) is 6.20 Å². The van der Waals surface area contributed by atoms with Gasteiger partial charge in [0.25, 0.3) is 0 Å². The van der Waals surface area contributed by atoms with Crippen molar-refractivity contribution in [1.82, 2.24) is 29.4 Å². The summed E-state index contributed by atoms with van der Waals surface area (Å²) in [5.74, 6) is 0.0979. The van der Waals surface area contributed by atoms with E-state index in [1.807, 2.05) is 10.9 Å². The second-order valence-corrected chi connectivity index (χ2v) is 9.07. The van der Waals surface area contributed by atoms with Crippen LogP contribution < -0.4 is 4.74 Å². The predicted molar refractivity (Wildman–Crippen MR) is 122 cm³/mol. The number of likely N-dealkylation sites (tertiary alicyclic amines) is 1. The van der Waals surface area contributed by atoms with Gasteiger partial charge in [0, 0.05) is 23.7 Å². The van der Waals surface area contributed by atoms with Crippen LogP contribution in [-0.4, -0.2) is 69.9 Å². The SMILES string of the molecule is COc1ncc(-c2nn(-c3cnn(C(C)C4CCN(C)CC4)c3)c3c2CCOCC3)cc1F. The van der Waals surface area contributed by atoms with Crippen LogP contribution in [0.2, 0.25) is 0 Å². The highest BCUT2D eigenvalue weighted by atomic mass is 19.1. The molecular weight excluding hydrogens is 423 g/mol. The summed E-state index contributed by atoms with van der Waals surface area (Å²) in [6.45, 7) is 5.76. The van der Waals surface area contributed by atoms with Crippen LogP contribution in [0.15, 0.2) is 24.7 Å². The summed E-state index contributed by atoms with van der Waals surface area (Å²) in [7, 11) is 3.59. The monoisotopic (exact) mass is 454 g/mol. The molecule has 176 valence electrons. The summed E-state index contributed by atoms with van der Waals surface area (Å²) >= 11 is 0. The first-order valence-electron chi connectivity index (χ1n) is 11.7. The summed E-state index contributed by atoms with van der Waals surface area (Å²) in [4.78, 5) is 6.50. The highest BCUT2D eigenvalue weighted by Crippen LogP contribution is 2.32. The fourth-order valence-electron chi connectivity index (χ4n) is 4.99. The molecule has 0 saturated carbocycles. The topological polar surface area (TPSA) is 70.2 Å². The Morgan fingerprint density at radius 2 is 1.97 bits per heavy atom. The van der Waals surface area contributed by atoms with Crippen molar-refractivity contribution in [1.29, 1.82) is 0 Å². The molecule has 0 amide bonds. The van der Waals surface area contributed by atoms with E-state index in [0.717, 1.165) is 48.6 Å². The number of nitrogens with zero attached hydrogens (tertiary/aromatic N) is 6. The van der Waals surface area contributed by atoms with Crippen molar-refractivity contribution in [2.75, 3.05) is 40.5 Å². The first-order chi connectivity index (χ1) is 16.0. The Morgan fingerprint density at radius 3 is 2.73 bits per heavy atom. The van der Waals surface area contributed by atoms with Crippen LogP contribution in [0.4, 0.5) is 4.39 Å². The number of piperidine rings is 1. The van der Waals surface area contributed by atoms with Crippen LogP contribution in [0.1, 0.15) is 37.1 Å². The fraction of sp³-hybridized carbons (Fsp3) is 0.542. The average Bonchev–Trinajstić information content (AvgIpc) is 3.37. The van der Waals surface area contributed by atoms with E-state index in [0.29, 0.717) is 30.7 Å². The average molecular weight is 455 g/mol. The number of methoxy groups -OCH3 is 1. The number of hydrogen-bond acceptors (Lipinski definition) is 6. The van der Waals surface area contributed by atoms with Gasteiger partial charge in [0.05, 0.1) is 50.1 Å². The Bertz CT molecular complexity index is 1120. The number of ether oxygens (including phenoxy) is 2. The van der Waals surface area contributed by atoms with Gasteiger partial charge >= 0.3 is 0 Å². The number of aromatic nitrogens is 5. The molecule has 0 aromatic carbocycles. The zero-order valence-electron chi connectivity index (χ0n) is 19.5. The highest BCUT2D eigenvalue weighted by molar-refractivity contribution is 5.65. The quantitative estimate of drug-likeness (QED) is 0.589. The van der Waals surface area contributed by atoms with Crippen molar-refractivity contribution >= 4 is 0 Å². The molecule has 0 bridgehead atoms. The largest absolute Gasteiger partial charge is 0.479 e. The van der Waals surface area contributed by atoms with Gasteiger partial charge in [-0.2, -0.15) is 10.2 Å². The van der Waals surface area contributed by atoms with Crippen LogP contribution in [-0.2, 0) is 17.6 Å². The van der Waals surface area contributed by atoms with Crippen molar-refractivity contribution in [3.8, 4) is 22.8 Å². The van der Waals surface area contributed by atoms with Crippen LogP contribution in [0.3, 0.4) is 0 Å². The Morgan fingerprint density at radius 1 is 1.18 bits per heavy atom. The molecule has 1 unspecified atom stereocenters. The minimum atomic E-state index is -0.497. The summed E-state index contributed by atoms with van der Waals surface area (Å²) < 4.78 is 29.1. The Labute approximate surface area is 193 Å². The van der Waals surface area contributed by atoms with Gasteiger partial charge in [0.1, 0.15) is 5.69 Å². The van der Waals surface area contributed by atoms with E-state index in [9.17, 15) is 4.39 Å². The third-order valence-electron chi connectivity index (χ3n) is 7.04. The van der Waals surface area contributed by atoms with Crippen LogP contribution >= 0.6 is 0 Å². The molecule has 3 aromatic rings. The van der Waals surface area contributed by atoms with E-state index in [1.165, 1.54) is 26.0 Å². The second-order valence-electron chi connectivity index (χ2n) is 9.07. The number of fused-ring (bicyclic) bond motifs is 1. The summed E-state index contributed by atoms with van der Waals surface area (Å²) in [5.41, 5.74) is 4.46. The summed E-state index contributed by atoms with van der Waals surface area (Å²) in [6, 6.07) is 1.76. The lowest BCUT2D eigenvalue weighted by atomic mass is 9.91. The number of rotatable bonds is 5. The van der Waals surface area contributed by atoms with E-state index >= 15 is 0 Å². The van der Waals surface area contributed by atoms with Gasteiger partial charge in [-0.05, 0) is 58.3 Å². The van der Waals surface area contributed by atoms with Gasteiger partial charge in [-0.3, -0.25) is 4.68 Å². The van der Waals surface area contributed by atoms with Gasteiger partial charge in [0.15, 0.2) is 5.82 Å². The predicted octanol–water partition coefficient (Wildman–Crippen LogP) is 3.30. The van der Waals surface area contributed by atoms with Crippen molar-refractivity contribution < 1.29 is 13.9 Å². The summed E-state index contributed by atoms with van der Waals surface area (Å²) in [6.07, 6.45) is 9.40. The van der Waals surface area contributed by atoms with Gasteiger partial charge in [0.2, 0.25) is 5.88 Å². The maximum absolute atomic E-state index is 14.4. The maximum atomic E-state index is 14.4. The lowest BCUT2D eigenvalue weighted by Crippen LogP contribution is -2.33. The number of pyridine rings is 1. The van der Waals surface area contributed by atoms with Crippen molar-refractivity contribution in [3.05, 3.63) is 41.7 Å². The minimum Gasteiger partial charge on any atom is -0.479 e. The van der Waals surface area contributed by atoms with Crippen LogP contribution in [0.5, 0.6) is 5.88 Å². The molecule has 33 heavy (non-hydrogen) atoms. The van der Waals surface area contributed by atoms with Gasteiger partial charge in [-0.15, -0.1) is 0 Å². The van der Waals surface area contributed by atoms with E-state index in [2.05, 4.69) is 34.7 Å². The van der Waals surface area contributed by atoms with Crippen LogP contribution in [0.25, 0.3) is 16.9 Å². The van der Waals surface area contributed by atoms with E-state index in [4.69, 9.17) is 19.7 Å². The van der Waals surface area contributed by atoms with Crippen molar-refractivity contribution in [2.24, 2.45) is 5.92 Å².